The van der Waals surface area contributed by atoms with E-state index in [0.29, 0.717) is 5.88 Å². The number of piperidine rings is 1. The number of amides is 1. The van der Waals surface area contributed by atoms with E-state index in [1.54, 1.807) is 12.4 Å². The topological polar surface area (TPSA) is 70.6 Å². The van der Waals surface area contributed by atoms with E-state index in [-0.39, 0.29) is 11.8 Å². The second kappa shape index (κ2) is 10.6. The Kier molecular flexibility index (Phi) is 7.35. The van der Waals surface area contributed by atoms with Gasteiger partial charge in [0.15, 0.2) is 5.82 Å². The predicted octanol–water partition coefficient (Wildman–Crippen LogP) is 3.26. The van der Waals surface area contributed by atoms with Crippen molar-refractivity contribution < 1.29 is 9.53 Å². The van der Waals surface area contributed by atoms with Crippen LogP contribution in [0.3, 0.4) is 0 Å². The lowest BCUT2D eigenvalue weighted by Gasteiger charge is -2.32. The Bertz CT molecular complexity index is 843. The maximum absolute atomic E-state index is 12.6. The van der Waals surface area contributed by atoms with Gasteiger partial charge in [0.1, 0.15) is 5.75 Å². The smallest absolute Gasteiger partial charge is 0.263 e. The first kappa shape index (κ1) is 21.6. The molecule has 0 saturated carbocycles. The molecular formula is C24H33N5O2. The number of aryl methyl sites for hydroxylation is 1. The van der Waals surface area contributed by atoms with Crippen LogP contribution in [-0.4, -0.2) is 60.0 Å². The van der Waals surface area contributed by atoms with E-state index in [4.69, 9.17) is 4.74 Å². The van der Waals surface area contributed by atoms with E-state index < -0.39 is 0 Å². The molecule has 2 aliphatic rings. The molecule has 1 aromatic heterocycles. The molecule has 0 aliphatic carbocycles. The number of ether oxygens (including phenoxy) is 1. The molecule has 2 aromatic rings. The van der Waals surface area contributed by atoms with Crippen molar-refractivity contribution in [1.82, 2.24) is 20.2 Å². The largest absolute Gasteiger partial charge is 0.436 e. The molecule has 4 rings (SSSR count). The van der Waals surface area contributed by atoms with Crippen molar-refractivity contribution in [1.29, 1.82) is 0 Å². The highest BCUT2D eigenvalue weighted by atomic mass is 16.5. The van der Waals surface area contributed by atoms with E-state index in [0.717, 1.165) is 57.0 Å². The third-order valence-corrected chi connectivity index (χ3v) is 6.28. The Morgan fingerprint density at radius 1 is 1.06 bits per heavy atom. The highest BCUT2D eigenvalue weighted by molar-refractivity contribution is 5.79. The van der Waals surface area contributed by atoms with Crippen LogP contribution in [0.2, 0.25) is 0 Å². The van der Waals surface area contributed by atoms with E-state index >= 15 is 0 Å². The summed E-state index contributed by atoms with van der Waals surface area (Å²) in [6, 6.07) is 8.07. The van der Waals surface area contributed by atoms with Gasteiger partial charge in [-0.15, -0.1) is 0 Å². The standard InChI is InChI=1S/C24H33N5O2/c1-2-19-5-7-21(8-6-19)31-24-22(25-11-12-27-24)29-16-9-20(10-17-29)23(30)26-13-18-28-14-3-4-15-28/h5-8,11-12,20H,2-4,9-10,13-18H2,1H3,(H,26,30). The van der Waals surface area contributed by atoms with Gasteiger partial charge in [-0.3, -0.25) is 4.79 Å². The van der Waals surface area contributed by atoms with Crippen LogP contribution in [0.1, 0.15) is 38.2 Å². The summed E-state index contributed by atoms with van der Waals surface area (Å²) in [7, 11) is 0. The van der Waals surface area contributed by atoms with Crippen molar-refractivity contribution in [3.8, 4) is 11.6 Å². The quantitative estimate of drug-likeness (QED) is 0.703. The molecule has 1 aromatic carbocycles. The fourth-order valence-corrected chi connectivity index (χ4v) is 4.35. The Morgan fingerprint density at radius 2 is 1.77 bits per heavy atom. The predicted molar refractivity (Wildman–Crippen MR) is 122 cm³/mol. The monoisotopic (exact) mass is 423 g/mol. The lowest BCUT2D eigenvalue weighted by molar-refractivity contribution is -0.125. The summed E-state index contributed by atoms with van der Waals surface area (Å²) in [4.78, 5) is 26.1. The average molecular weight is 424 g/mol. The number of rotatable bonds is 8. The number of nitrogens with zero attached hydrogens (tertiary/aromatic N) is 4. The molecule has 31 heavy (non-hydrogen) atoms. The average Bonchev–Trinajstić information content (AvgIpc) is 3.34. The van der Waals surface area contributed by atoms with Gasteiger partial charge in [-0.25, -0.2) is 9.97 Å². The first-order chi connectivity index (χ1) is 15.2. The Balaban J connectivity index is 1.29. The highest BCUT2D eigenvalue weighted by Crippen LogP contribution is 2.31. The van der Waals surface area contributed by atoms with Gasteiger partial charge in [0.05, 0.1) is 0 Å². The SMILES string of the molecule is CCc1ccc(Oc2nccnc2N2CCC(C(=O)NCCN3CCCC3)CC2)cc1. The van der Waals surface area contributed by atoms with Crippen LogP contribution < -0.4 is 15.0 Å². The molecule has 0 radical (unpaired) electrons. The summed E-state index contributed by atoms with van der Waals surface area (Å²) < 4.78 is 6.04. The summed E-state index contributed by atoms with van der Waals surface area (Å²) >= 11 is 0. The summed E-state index contributed by atoms with van der Waals surface area (Å²) in [6.45, 7) is 7.72. The fraction of sp³-hybridized carbons (Fsp3) is 0.542. The lowest BCUT2D eigenvalue weighted by atomic mass is 9.96. The Labute approximate surface area is 184 Å². The van der Waals surface area contributed by atoms with Gasteiger partial charge in [0.25, 0.3) is 5.88 Å². The third-order valence-electron chi connectivity index (χ3n) is 6.28. The molecule has 3 heterocycles. The third kappa shape index (κ3) is 5.73. The molecule has 7 heteroatoms. The van der Waals surface area contributed by atoms with Crippen LogP contribution in [-0.2, 0) is 11.2 Å². The zero-order chi connectivity index (χ0) is 21.5. The van der Waals surface area contributed by atoms with Gasteiger partial charge >= 0.3 is 0 Å². The zero-order valence-corrected chi connectivity index (χ0v) is 18.4. The van der Waals surface area contributed by atoms with Gasteiger partial charge in [-0.2, -0.15) is 0 Å². The number of hydrogen-bond donors (Lipinski definition) is 1. The van der Waals surface area contributed by atoms with Gasteiger partial charge in [0, 0.05) is 44.5 Å². The van der Waals surface area contributed by atoms with Crippen molar-refractivity contribution in [3.05, 3.63) is 42.2 Å². The van der Waals surface area contributed by atoms with Gasteiger partial charge in [-0.1, -0.05) is 19.1 Å². The van der Waals surface area contributed by atoms with Crippen LogP contribution in [0.5, 0.6) is 11.6 Å². The number of nitrogens with one attached hydrogen (secondary N) is 1. The van der Waals surface area contributed by atoms with Crippen LogP contribution in [0.4, 0.5) is 5.82 Å². The normalized spacial score (nSPS) is 17.6. The van der Waals surface area contributed by atoms with E-state index in [1.165, 1.54) is 31.5 Å². The summed E-state index contributed by atoms with van der Waals surface area (Å²) in [6.07, 6.45) is 8.54. The number of aromatic nitrogens is 2. The number of anilines is 1. The number of hydrogen-bond acceptors (Lipinski definition) is 6. The molecule has 0 bridgehead atoms. The molecular weight excluding hydrogens is 390 g/mol. The molecule has 1 N–H and O–H groups in total. The van der Waals surface area contributed by atoms with E-state index in [2.05, 4.69) is 44.1 Å². The van der Waals surface area contributed by atoms with Crippen LogP contribution in [0.15, 0.2) is 36.7 Å². The molecule has 0 spiro atoms. The molecule has 2 fully saturated rings. The Hall–Kier alpha value is -2.67. The van der Waals surface area contributed by atoms with Crippen molar-refractivity contribution in [2.75, 3.05) is 44.2 Å². The van der Waals surface area contributed by atoms with Gasteiger partial charge in [-0.05, 0) is 62.9 Å². The first-order valence-corrected chi connectivity index (χ1v) is 11.6. The van der Waals surface area contributed by atoms with Crippen LogP contribution in [0.25, 0.3) is 0 Å². The molecule has 166 valence electrons. The van der Waals surface area contributed by atoms with E-state index in [9.17, 15) is 4.79 Å². The maximum atomic E-state index is 12.6. The number of likely N-dealkylation sites (tertiary alicyclic amines) is 1. The van der Waals surface area contributed by atoms with Gasteiger partial charge < -0.3 is 19.9 Å². The fourth-order valence-electron chi connectivity index (χ4n) is 4.35. The second-order valence-corrected chi connectivity index (χ2v) is 8.39. The van der Waals surface area contributed by atoms with Crippen LogP contribution >= 0.6 is 0 Å². The lowest BCUT2D eigenvalue weighted by Crippen LogP contribution is -2.42. The Morgan fingerprint density at radius 3 is 2.48 bits per heavy atom. The summed E-state index contributed by atoms with van der Waals surface area (Å²) in [5.74, 6) is 2.27. The molecule has 2 saturated heterocycles. The summed E-state index contributed by atoms with van der Waals surface area (Å²) in [5, 5.41) is 3.14. The minimum Gasteiger partial charge on any atom is -0.436 e. The van der Waals surface area contributed by atoms with Crippen molar-refractivity contribution in [2.24, 2.45) is 5.92 Å². The second-order valence-electron chi connectivity index (χ2n) is 8.39. The molecule has 0 unspecified atom stereocenters. The van der Waals surface area contributed by atoms with Gasteiger partial charge in [0.2, 0.25) is 5.91 Å². The molecule has 2 aliphatic heterocycles. The van der Waals surface area contributed by atoms with Crippen LogP contribution in [0, 0.1) is 5.92 Å². The van der Waals surface area contributed by atoms with Crippen molar-refractivity contribution in [2.45, 2.75) is 39.0 Å². The minimum absolute atomic E-state index is 0.0671. The highest BCUT2D eigenvalue weighted by Gasteiger charge is 2.27. The molecule has 7 nitrogen and oxygen atoms in total. The molecule has 1 amide bonds. The zero-order valence-electron chi connectivity index (χ0n) is 18.4. The number of carbonyl (C=O) groups excluding carboxylic acids is 1. The minimum atomic E-state index is 0.0671. The summed E-state index contributed by atoms with van der Waals surface area (Å²) in [5.41, 5.74) is 1.27. The van der Waals surface area contributed by atoms with Crippen molar-refractivity contribution >= 4 is 11.7 Å². The number of carbonyl (C=O) groups is 1. The maximum Gasteiger partial charge on any atom is 0.263 e. The first-order valence-electron chi connectivity index (χ1n) is 11.6. The van der Waals surface area contributed by atoms with Crippen molar-refractivity contribution in [3.63, 3.8) is 0 Å². The number of benzene rings is 1. The van der Waals surface area contributed by atoms with E-state index in [1.807, 2.05) is 12.1 Å². The molecule has 0 atom stereocenters.